The molecule has 4 heteroatoms. The Morgan fingerprint density at radius 2 is 1.50 bits per heavy atom. The van der Waals surface area contributed by atoms with E-state index >= 15 is 0 Å². The van der Waals surface area contributed by atoms with E-state index in [1.807, 2.05) is 0 Å². The molecule has 0 aliphatic heterocycles. The molecule has 1 nitrogen and oxygen atoms in total. The van der Waals surface area contributed by atoms with Gasteiger partial charge in [0.15, 0.2) is 0 Å². The van der Waals surface area contributed by atoms with Gasteiger partial charge in [0, 0.05) is 0 Å². The maximum Gasteiger partial charge on any atom is 0.396 e. The third kappa shape index (κ3) is 1.62. The van der Waals surface area contributed by atoms with E-state index in [1.54, 1.807) is 0 Å². The monoisotopic (exact) mass is 156 g/mol. The minimum Gasteiger partial charge on any atom is -0.393 e. The van der Waals surface area contributed by atoms with Crippen LogP contribution < -0.4 is 0 Å². The van der Waals surface area contributed by atoms with Crippen molar-refractivity contribution in [3.05, 3.63) is 0 Å². The normalized spacial score (nSPS) is 17.1. The first-order valence-corrected chi connectivity index (χ1v) is 2.94. The fourth-order valence-corrected chi connectivity index (χ4v) is 0.237. The Morgan fingerprint density at radius 3 is 1.50 bits per heavy atom. The summed E-state index contributed by atoms with van der Waals surface area (Å²) in [6, 6.07) is 0. The second kappa shape index (κ2) is 2.42. The van der Waals surface area contributed by atoms with Crippen molar-refractivity contribution in [3.8, 4) is 0 Å². The lowest BCUT2D eigenvalue weighted by Gasteiger charge is -2.30. The number of hydrogen-bond acceptors (Lipinski definition) is 1. The van der Waals surface area contributed by atoms with Crippen LogP contribution in [-0.4, -0.2) is 17.4 Å². The van der Waals surface area contributed by atoms with Crippen LogP contribution in [0.15, 0.2) is 0 Å². The Bertz CT molecular complexity index is 115. The van der Waals surface area contributed by atoms with Crippen molar-refractivity contribution >= 4 is 0 Å². The van der Waals surface area contributed by atoms with Crippen LogP contribution in [0.1, 0.15) is 20.8 Å². The van der Waals surface area contributed by atoms with Gasteiger partial charge in [-0.2, -0.15) is 13.2 Å². The van der Waals surface area contributed by atoms with Crippen LogP contribution >= 0.6 is 0 Å². The molecule has 0 saturated heterocycles. The van der Waals surface area contributed by atoms with Crippen LogP contribution in [0.2, 0.25) is 0 Å². The van der Waals surface area contributed by atoms with E-state index < -0.39 is 17.7 Å². The van der Waals surface area contributed by atoms with Crippen LogP contribution in [0.25, 0.3) is 0 Å². The van der Waals surface area contributed by atoms with Crippen LogP contribution in [0.5, 0.6) is 0 Å². The van der Waals surface area contributed by atoms with Crippen molar-refractivity contribution in [2.24, 2.45) is 5.41 Å². The first-order chi connectivity index (χ1) is 4.19. The molecule has 0 aromatic heterocycles. The molecule has 0 saturated carbocycles. The molecule has 0 aromatic carbocycles. The van der Waals surface area contributed by atoms with Gasteiger partial charge >= 0.3 is 6.18 Å². The largest absolute Gasteiger partial charge is 0.396 e. The minimum absolute atomic E-state index is 0.970. The highest BCUT2D eigenvalue weighted by molar-refractivity contribution is 4.81. The third-order valence-electron chi connectivity index (χ3n) is 1.78. The molecule has 62 valence electrons. The number of aliphatic hydroxyl groups is 1. The quantitative estimate of drug-likeness (QED) is 0.615. The summed E-state index contributed by atoms with van der Waals surface area (Å²) in [5, 5.41) is 8.70. The minimum atomic E-state index is -4.33. The molecule has 1 unspecified atom stereocenters. The van der Waals surface area contributed by atoms with Crippen LogP contribution in [0, 0.1) is 5.41 Å². The molecule has 0 aliphatic rings. The van der Waals surface area contributed by atoms with Crippen molar-refractivity contribution < 1.29 is 18.3 Å². The molecule has 0 aliphatic carbocycles. The van der Waals surface area contributed by atoms with Gasteiger partial charge in [0.25, 0.3) is 0 Å². The Hall–Kier alpha value is -0.250. The molecule has 10 heavy (non-hydrogen) atoms. The number of aliphatic hydroxyl groups excluding tert-OH is 1. The lowest BCUT2D eigenvalue weighted by molar-refractivity contribution is -0.238. The van der Waals surface area contributed by atoms with E-state index in [2.05, 4.69) is 0 Å². The summed E-state index contributed by atoms with van der Waals surface area (Å²) < 4.78 is 35.8. The molecule has 0 rings (SSSR count). The molecule has 0 fully saturated rings. The molecule has 0 spiro atoms. The van der Waals surface area contributed by atoms with Gasteiger partial charge in [0.1, 0.15) is 0 Å². The zero-order valence-electron chi connectivity index (χ0n) is 6.16. The first-order valence-electron chi connectivity index (χ1n) is 2.94. The van der Waals surface area contributed by atoms with Crippen molar-refractivity contribution in [2.75, 3.05) is 0 Å². The van der Waals surface area contributed by atoms with Crippen molar-refractivity contribution in [3.63, 3.8) is 0 Å². The summed E-state index contributed by atoms with van der Waals surface area (Å²) in [4.78, 5) is 0. The standard InChI is InChI=1S/C6H11F3O/c1-4(10)5(2,3)6(7,8)9/h4,10H,1-3H3. The van der Waals surface area contributed by atoms with Crippen LogP contribution in [-0.2, 0) is 0 Å². The van der Waals surface area contributed by atoms with Gasteiger partial charge in [-0.15, -0.1) is 0 Å². The van der Waals surface area contributed by atoms with E-state index in [1.165, 1.54) is 0 Å². The third-order valence-corrected chi connectivity index (χ3v) is 1.78. The second-order valence-corrected chi connectivity index (χ2v) is 2.90. The van der Waals surface area contributed by atoms with Gasteiger partial charge in [-0.3, -0.25) is 0 Å². The smallest absolute Gasteiger partial charge is 0.393 e. The molecule has 0 radical (unpaired) electrons. The summed E-state index contributed by atoms with van der Waals surface area (Å²) in [6.45, 7) is 3.07. The SMILES string of the molecule is CC(O)C(C)(C)C(F)(F)F. The summed E-state index contributed by atoms with van der Waals surface area (Å²) in [7, 11) is 0. The zero-order valence-corrected chi connectivity index (χ0v) is 6.16. The van der Waals surface area contributed by atoms with Crippen LogP contribution in [0.3, 0.4) is 0 Å². The lowest BCUT2D eigenvalue weighted by Crippen LogP contribution is -2.41. The molecular weight excluding hydrogens is 145 g/mol. The van der Waals surface area contributed by atoms with Crippen molar-refractivity contribution in [1.29, 1.82) is 0 Å². The van der Waals surface area contributed by atoms with E-state index in [0.717, 1.165) is 20.8 Å². The maximum absolute atomic E-state index is 11.9. The highest BCUT2D eigenvalue weighted by Crippen LogP contribution is 2.39. The molecule has 1 atom stereocenters. The molecular formula is C6H11F3O. The average Bonchev–Trinajstić information content (AvgIpc) is 1.62. The molecule has 0 amide bonds. The van der Waals surface area contributed by atoms with Crippen molar-refractivity contribution in [1.82, 2.24) is 0 Å². The second-order valence-electron chi connectivity index (χ2n) is 2.90. The Balaban J connectivity index is 4.40. The van der Waals surface area contributed by atoms with Crippen molar-refractivity contribution in [2.45, 2.75) is 33.1 Å². The summed E-state index contributed by atoms with van der Waals surface area (Å²) >= 11 is 0. The summed E-state index contributed by atoms with van der Waals surface area (Å²) in [5.74, 6) is 0. The predicted octanol–water partition coefficient (Wildman–Crippen LogP) is 1.96. The van der Waals surface area contributed by atoms with Gasteiger partial charge in [-0.05, 0) is 20.8 Å². The molecule has 0 aromatic rings. The van der Waals surface area contributed by atoms with Gasteiger partial charge in [0.2, 0.25) is 0 Å². The van der Waals surface area contributed by atoms with Gasteiger partial charge < -0.3 is 5.11 Å². The van der Waals surface area contributed by atoms with E-state index in [4.69, 9.17) is 5.11 Å². The van der Waals surface area contributed by atoms with Gasteiger partial charge in [-0.1, -0.05) is 0 Å². The summed E-state index contributed by atoms with van der Waals surface area (Å²) in [5.41, 5.74) is -2.01. The Kier molecular flexibility index (Phi) is 2.36. The fraction of sp³-hybridized carbons (Fsp3) is 1.00. The molecule has 1 N–H and O–H groups in total. The highest BCUT2D eigenvalue weighted by atomic mass is 19.4. The van der Waals surface area contributed by atoms with E-state index in [9.17, 15) is 13.2 Å². The number of halogens is 3. The van der Waals surface area contributed by atoms with Gasteiger partial charge in [-0.25, -0.2) is 0 Å². The molecule has 0 heterocycles. The summed E-state index contributed by atoms with van der Waals surface area (Å²) in [6.07, 6.45) is -5.70. The number of hydrogen-bond donors (Lipinski definition) is 1. The zero-order chi connectivity index (χ0) is 8.58. The topological polar surface area (TPSA) is 20.2 Å². The van der Waals surface area contributed by atoms with Gasteiger partial charge in [0.05, 0.1) is 11.5 Å². The van der Waals surface area contributed by atoms with E-state index in [0.29, 0.717) is 0 Å². The Morgan fingerprint density at radius 1 is 1.20 bits per heavy atom. The lowest BCUT2D eigenvalue weighted by atomic mass is 9.87. The average molecular weight is 156 g/mol. The number of alkyl halides is 3. The Labute approximate surface area is 57.9 Å². The number of rotatable bonds is 1. The predicted molar refractivity (Wildman–Crippen MR) is 31.5 cm³/mol. The van der Waals surface area contributed by atoms with Crippen LogP contribution in [0.4, 0.5) is 13.2 Å². The van der Waals surface area contributed by atoms with E-state index in [-0.39, 0.29) is 0 Å². The highest BCUT2D eigenvalue weighted by Gasteiger charge is 2.50. The fourth-order valence-electron chi connectivity index (χ4n) is 0.237. The molecule has 0 bridgehead atoms. The maximum atomic E-state index is 11.9. The first kappa shape index (κ1) is 9.75.